The van der Waals surface area contributed by atoms with Gasteiger partial charge in [0.05, 0.1) is 16.1 Å². The van der Waals surface area contributed by atoms with Gasteiger partial charge in [-0.15, -0.1) is 11.3 Å². The average Bonchev–Trinajstić information content (AvgIpc) is 3.18. The van der Waals surface area contributed by atoms with Crippen molar-refractivity contribution in [2.75, 3.05) is 0 Å². The summed E-state index contributed by atoms with van der Waals surface area (Å²) < 4.78 is 21.5. The van der Waals surface area contributed by atoms with Crippen LogP contribution >= 0.6 is 22.9 Å². The fraction of sp³-hybridized carbons (Fsp3) is 0.318. The molecule has 0 spiro atoms. The molecule has 0 aliphatic rings. The number of aromatic nitrogens is 1. The Morgan fingerprint density at radius 2 is 1.87 bits per heavy atom. The number of carbonyl (C=O) groups excluding carboxylic acids is 1. The van der Waals surface area contributed by atoms with E-state index >= 15 is 0 Å². The molecule has 0 amide bonds. The second-order valence-electron chi connectivity index (χ2n) is 7.93. The molecular weight excluding hydrogens is 440 g/mol. The lowest BCUT2D eigenvalue weighted by Crippen LogP contribution is -2.25. The zero-order valence-electron chi connectivity index (χ0n) is 17.7. The van der Waals surface area contributed by atoms with Crippen LogP contribution < -0.4 is 0 Å². The van der Waals surface area contributed by atoms with Gasteiger partial charge >= 0.3 is 0 Å². The molecule has 0 radical (unpaired) electrons. The third-order valence-corrected chi connectivity index (χ3v) is 7.45. The maximum absolute atomic E-state index is 13.4. The summed E-state index contributed by atoms with van der Waals surface area (Å²) >= 11 is 6.05. The van der Waals surface area contributed by atoms with Gasteiger partial charge in [-0.1, -0.05) is 21.2 Å². The van der Waals surface area contributed by atoms with E-state index in [-0.39, 0.29) is 5.78 Å². The van der Waals surface area contributed by atoms with Gasteiger partial charge < -0.3 is 9.08 Å². The van der Waals surface area contributed by atoms with Crippen LogP contribution in [-0.2, 0) is 11.4 Å². The fourth-order valence-corrected chi connectivity index (χ4v) is 4.72. The molecule has 2 aromatic heterocycles. The minimum atomic E-state index is -1.43. The van der Waals surface area contributed by atoms with Crippen molar-refractivity contribution in [1.29, 1.82) is 0 Å². The Labute approximate surface area is 188 Å². The molecule has 3 rings (SSSR count). The van der Waals surface area contributed by atoms with Crippen molar-refractivity contribution in [2.24, 2.45) is 4.40 Å². The minimum absolute atomic E-state index is 0.0923. The lowest BCUT2D eigenvalue weighted by Gasteiger charge is -2.17. The first kappa shape index (κ1) is 22.7. The summed E-state index contributed by atoms with van der Waals surface area (Å²) in [7, 11) is 0. The summed E-state index contributed by atoms with van der Waals surface area (Å²) in [6, 6.07) is 6.84. The van der Waals surface area contributed by atoms with E-state index in [2.05, 4.69) is 9.55 Å². The standard InChI is InChI=1S/C22H23ClN2O3S2/c1-12-14(3)29-21(18(12)20(26)15-7-9-16(23)10-8-15)19-13(2)25-28-17(19)11-24-30(27)22(4,5)6/h7-11H,1-6H3/t30-/m1/s1. The van der Waals surface area contributed by atoms with E-state index in [1.807, 2.05) is 41.5 Å². The van der Waals surface area contributed by atoms with Crippen LogP contribution in [0, 0.1) is 20.8 Å². The summed E-state index contributed by atoms with van der Waals surface area (Å²) in [5, 5.41) is 4.64. The van der Waals surface area contributed by atoms with Crippen LogP contribution in [0.2, 0.25) is 5.02 Å². The second-order valence-corrected chi connectivity index (χ2v) is 11.5. The van der Waals surface area contributed by atoms with Gasteiger partial charge in [-0.05, 0) is 71.4 Å². The maximum Gasteiger partial charge on any atom is 0.194 e. The van der Waals surface area contributed by atoms with Gasteiger partial charge in [-0.25, -0.2) is 0 Å². The average molecular weight is 463 g/mol. The number of hydrogen-bond acceptors (Lipinski definition) is 6. The SMILES string of the molecule is Cc1noc(C=N[S@+]([O-])C(C)(C)C)c1-c1sc(C)c(C)c1C(=O)c1ccc(Cl)cc1. The van der Waals surface area contributed by atoms with Crippen LogP contribution in [0.3, 0.4) is 0 Å². The molecule has 0 aliphatic heterocycles. The normalized spacial score (nSPS) is 13.2. The van der Waals surface area contributed by atoms with Crippen LogP contribution in [0.15, 0.2) is 33.2 Å². The molecule has 158 valence electrons. The van der Waals surface area contributed by atoms with Gasteiger partial charge in [0.15, 0.2) is 11.5 Å². The number of rotatable bonds is 5. The predicted molar refractivity (Wildman–Crippen MR) is 124 cm³/mol. The Morgan fingerprint density at radius 3 is 2.47 bits per heavy atom. The number of carbonyl (C=O) groups is 1. The quantitative estimate of drug-likeness (QED) is 0.261. The molecule has 8 heteroatoms. The molecule has 0 bridgehead atoms. The number of halogens is 1. The smallest absolute Gasteiger partial charge is 0.194 e. The number of benzene rings is 1. The first-order chi connectivity index (χ1) is 14.0. The summed E-state index contributed by atoms with van der Waals surface area (Å²) in [5.41, 5.74) is 3.42. The van der Waals surface area contributed by atoms with Gasteiger partial charge in [-0.3, -0.25) is 4.79 Å². The number of aryl methyl sites for hydroxylation is 2. The minimum Gasteiger partial charge on any atom is -0.591 e. The highest BCUT2D eigenvalue weighted by atomic mass is 35.5. The Morgan fingerprint density at radius 1 is 1.23 bits per heavy atom. The van der Waals surface area contributed by atoms with Gasteiger partial charge in [-0.2, -0.15) is 0 Å². The molecule has 2 heterocycles. The monoisotopic (exact) mass is 462 g/mol. The molecule has 0 N–H and O–H groups in total. The van der Waals surface area contributed by atoms with Gasteiger partial charge in [0.1, 0.15) is 22.3 Å². The first-order valence-electron chi connectivity index (χ1n) is 9.33. The van der Waals surface area contributed by atoms with Crippen molar-refractivity contribution in [3.05, 3.63) is 62.3 Å². The fourth-order valence-electron chi connectivity index (χ4n) is 2.83. The molecule has 0 saturated carbocycles. The number of ketones is 1. The molecule has 0 unspecified atom stereocenters. The van der Waals surface area contributed by atoms with Gasteiger partial charge in [0.2, 0.25) is 0 Å². The zero-order chi connectivity index (χ0) is 22.2. The highest BCUT2D eigenvalue weighted by Crippen LogP contribution is 2.40. The molecule has 0 saturated heterocycles. The van der Waals surface area contributed by atoms with Crippen LogP contribution in [0.4, 0.5) is 0 Å². The Hall–Kier alpha value is -1.93. The predicted octanol–water partition coefficient (Wildman–Crippen LogP) is 6.09. The highest BCUT2D eigenvalue weighted by Gasteiger charge is 2.29. The van der Waals surface area contributed by atoms with Crippen molar-refractivity contribution in [3.8, 4) is 10.4 Å². The van der Waals surface area contributed by atoms with Crippen LogP contribution in [0.1, 0.15) is 58.6 Å². The number of nitrogens with zero attached hydrogens (tertiary/aromatic N) is 2. The molecule has 3 aromatic rings. The summed E-state index contributed by atoms with van der Waals surface area (Å²) in [6.07, 6.45) is 1.44. The van der Waals surface area contributed by atoms with Crippen molar-refractivity contribution < 1.29 is 13.9 Å². The summed E-state index contributed by atoms with van der Waals surface area (Å²) in [6.45, 7) is 11.3. The molecule has 5 nitrogen and oxygen atoms in total. The highest BCUT2D eigenvalue weighted by molar-refractivity contribution is 7.91. The summed E-state index contributed by atoms with van der Waals surface area (Å²) in [5.74, 6) is 0.293. The van der Waals surface area contributed by atoms with E-state index in [9.17, 15) is 9.35 Å². The largest absolute Gasteiger partial charge is 0.591 e. The van der Waals surface area contributed by atoms with Gasteiger partial charge in [0.25, 0.3) is 0 Å². The van der Waals surface area contributed by atoms with E-state index < -0.39 is 16.1 Å². The number of hydrogen-bond donors (Lipinski definition) is 0. The second kappa shape index (κ2) is 8.67. The molecule has 1 atom stereocenters. The van der Waals surface area contributed by atoms with Crippen molar-refractivity contribution >= 4 is 46.3 Å². The first-order valence-corrected chi connectivity index (χ1v) is 11.6. The Kier molecular flexibility index (Phi) is 6.57. The van der Waals surface area contributed by atoms with E-state index in [1.54, 1.807) is 24.3 Å². The third kappa shape index (κ3) is 4.54. The van der Waals surface area contributed by atoms with Crippen LogP contribution in [-0.4, -0.2) is 26.5 Å². The van der Waals surface area contributed by atoms with Crippen molar-refractivity contribution in [1.82, 2.24) is 5.16 Å². The zero-order valence-corrected chi connectivity index (χ0v) is 20.1. The molecule has 0 aliphatic carbocycles. The lowest BCUT2D eigenvalue weighted by atomic mass is 9.96. The Balaban J connectivity index is 2.11. The topological polar surface area (TPSA) is 78.5 Å². The van der Waals surface area contributed by atoms with E-state index in [4.69, 9.17) is 16.1 Å². The summed E-state index contributed by atoms with van der Waals surface area (Å²) in [4.78, 5) is 15.2. The van der Waals surface area contributed by atoms with E-state index in [0.717, 1.165) is 15.3 Å². The van der Waals surface area contributed by atoms with E-state index in [0.29, 0.717) is 33.2 Å². The van der Waals surface area contributed by atoms with Gasteiger partial charge in [0, 0.05) is 21.0 Å². The molecule has 0 fully saturated rings. The Bertz CT molecular complexity index is 1110. The number of thiophene rings is 1. The molecule has 1 aromatic carbocycles. The van der Waals surface area contributed by atoms with Crippen molar-refractivity contribution in [2.45, 2.75) is 46.3 Å². The molecular formula is C22H23ClN2O3S2. The van der Waals surface area contributed by atoms with E-state index in [1.165, 1.54) is 17.6 Å². The maximum atomic E-state index is 13.4. The third-order valence-electron chi connectivity index (χ3n) is 4.62. The van der Waals surface area contributed by atoms with Crippen molar-refractivity contribution in [3.63, 3.8) is 0 Å². The van der Waals surface area contributed by atoms with Crippen LogP contribution in [0.25, 0.3) is 10.4 Å². The molecule has 30 heavy (non-hydrogen) atoms. The van der Waals surface area contributed by atoms with Crippen LogP contribution in [0.5, 0.6) is 0 Å². The lowest BCUT2D eigenvalue weighted by molar-refractivity contribution is 0.103.